The summed E-state index contributed by atoms with van der Waals surface area (Å²) in [5.41, 5.74) is 0.512. The standard InChI is InChI=1S/C20H33N5O4S/c1-17(26)22-18-6-8-19(9-7-18)30(28,29)24(3)16-20(27)21-10-4-5-11-25-14-12-23(2)13-15-25/h6-9H,4-5,10-16H2,1-3H3,(H,21,27)(H,22,26). The van der Waals surface area contributed by atoms with E-state index in [1.807, 2.05) is 0 Å². The van der Waals surface area contributed by atoms with Crippen LogP contribution in [0.15, 0.2) is 29.2 Å². The SMILES string of the molecule is CC(=O)Nc1ccc(S(=O)(=O)N(C)CC(=O)NCCCCN2CCN(C)CC2)cc1. The van der Waals surface area contributed by atoms with Gasteiger partial charge < -0.3 is 20.4 Å². The number of rotatable bonds is 10. The lowest BCUT2D eigenvalue weighted by molar-refractivity contribution is -0.121. The van der Waals surface area contributed by atoms with Crippen molar-refractivity contribution < 1.29 is 18.0 Å². The summed E-state index contributed by atoms with van der Waals surface area (Å²) in [4.78, 5) is 28.0. The molecule has 0 radical (unpaired) electrons. The van der Waals surface area contributed by atoms with Crippen molar-refractivity contribution in [3.63, 3.8) is 0 Å². The van der Waals surface area contributed by atoms with Gasteiger partial charge in [0.25, 0.3) is 0 Å². The molecule has 0 saturated carbocycles. The number of sulfonamides is 1. The maximum absolute atomic E-state index is 12.6. The highest BCUT2D eigenvalue weighted by Gasteiger charge is 2.23. The zero-order valence-electron chi connectivity index (χ0n) is 18.1. The second-order valence-corrected chi connectivity index (χ2v) is 9.71. The van der Waals surface area contributed by atoms with E-state index in [0.29, 0.717) is 12.2 Å². The molecule has 10 heteroatoms. The topological polar surface area (TPSA) is 102 Å². The summed E-state index contributed by atoms with van der Waals surface area (Å²) in [6.07, 6.45) is 1.86. The molecule has 0 spiro atoms. The molecule has 168 valence electrons. The number of benzene rings is 1. The number of hydrogen-bond donors (Lipinski definition) is 2. The van der Waals surface area contributed by atoms with E-state index in [2.05, 4.69) is 27.5 Å². The predicted molar refractivity (Wildman–Crippen MR) is 117 cm³/mol. The average Bonchev–Trinajstić information content (AvgIpc) is 2.69. The van der Waals surface area contributed by atoms with E-state index in [9.17, 15) is 18.0 Å². The minimum atomic E-state index is -3.78. The van der Waals surface area contributed by atoms with Gasteiger partial charge in [0.1, 0.15) is 0 Å². The highest BCUT2D eigenvalue weighted by Crippen LogP contribution is 2.17. The van der Waals surface area contributed by atoms with Crippen LogP contribution in [0.1, 0.15) is 19.8 Å². The van der Waals surface area contributed by atoms with Crippen LogP contribution in [0.5, 0.6) is 0 Å². The molecule has 1 heterocycles. The summed E-state index contributed by atoms with van der Waals surface area (Å²) >= 11 is 0. The maximum Gasteiger partial charge on any atom is 0.243 e. The Bertz CT molecular complexity index is 805. The van der Waals surface area contributed by atoms with E-state index >= 15 is 0 Å². The van der Waals surface area contributed by atoms with Crippen LogP contribution < -0.4 is 10.6 Å². The fourth-order valence-corrected chi connectivity index (χ4v) is 4.32. The van der Waals surface area contributed by atoms with Gasteiger partial charge in [-0.3, -0.25) is 9.59 Å². The van der Waals surface area contributed by atoms with E-state index in [1.54, 1.807) is 0 Å². The van der Waals surface area contributed by atoms with Crippen molar-refractivity contribution in [1.29, 1.82) is 0 Å². The lowest BCUT2D eigenvalue weighted by Crippen LogP contribution is -2.44. The smallest absolute Gasteiger partial charge is 0.243 e. The van der Waals surface area contributed by atoms with E-state index in [0.717, 1.165) is 49.9 Å². The molecule has 0 unspecified atom stereocenters. The monoisotopic (exact) mass is 439 g/mol. The number of carbonyl (C=O) groups excluding carboxylic acids is 2. The summed E-state index contributed by atoms with van der Waals surface area (Å²) in [5.74, 6) is -0.557. The molecule has 1 saturated heterocycles. The third-order valence-corrected chi connectivity index (χ3v) is 6.89. The number of nitrogens with zero attached hydrogens (tertiary/aromatic N) is 3. The Morgan fingerprint density at radius 2 is 1.70 bits per heavy atom. The Labute approximate surface area is 179 Å². The van der Waals surface area contributed by atoms with Crippen LogP contribution in [0.4, 0.5) is 5.69 Å². The Balaban J connectivity index is 1.71. The van der Waals surface area contributed by atoms with E-state index in [4.69, 9.17) is 0 Å². The van der Waals surface area contributed by atoms with Crippen LogP contribution >= 0.6 is 0 Å². The van der Waals surface area contributed by atoms with Crippen LogP contribution in [0.25, 0.3) is 0 Å². The largest absolute Gasteiger partial charge is 0.355 e. The first kappa shape index (κ1) is 24.3. The van der Waals surface area contributed by atoms with Gasteiger partial charge in [-0.25, -0.2) is 8.42 Å². The van der Waals surface area contributed by atoms with Crippen LogP contribution in [-0.2, 0) is 19.6 Å². The van der Waals surface area contributed by atoms with Crippen molar-refractivity contribution in [1.82, 2.24) is 19.4 Å². The lowest BCUT2D eigenvalue weighted by atomic mass is 10.2. The number of likely N-dealkylation sites (N-methyl/N-ethyl adjacent to an activating group) is 2. The van der Waals surface area contributed by atoms with E-state index in [-0.39, 0.29) is 23.3 Å². The molecule has 1 aromatic rings. The quantitative estimate of drug-likeness (QED) is 0.512. The van der Waals surface area contributed by atoms with Crippen molar-refractivity contribution in [3.8, 4) is 0 Å². The first-order valence-electron chi connectivity index (χ1n) is 10.2. The zero-order valence-corrected chi connectivity index (χ0v) is 18.9. The van der Waals surface area contributed by atoms with Crippen LogP contribution in [0, 0.1) is 0 Å². The Morgan fingerprint density at radius 3 is 2.30 bits per heavy atom. The highest BCUT2D eigenvalue weighted by atomic mass is 32.2. The van der Waals surface area contributed by atoms with E-state index < -0.39 is 10.0 Å². The van der Waals surface area contributed by atoms with Gasteiger partial charge in [-0.05, 0) is 50.7 Å². The molecule has 9 nitrogen and oxygen atoms in total. The number of hydrogen-bond acceptors (Lipinski definition) is 6. The number of amides is 2. The summed E-state index contributed by atoms with van der Waals surface area (Å²) in [6, 6.07) is 5.85. The average molecular weight is 440 g/mol. The molecule has 0 aromatic heterocycles. The number of carbonyl (C=O) groups is 2. The second kappa shape index (κ2) is 11.4. The Kier molecular flexibility index (Phi) is 9.22. The molecule has 0 bridgehead atoms. The van der Waals surface area contributed by atoms with Gasteiger partial charge >= 0.3 is 0 Å². The summed E-state index contributed by atoms with van der Waals surface area (Å²) in [5, 5.41) is 5.38. The third kappa shape index (κ3) is 7.67. The molecule has 1 aliphatic heterocycles. The molecule has 0 atom stereocenters. The van der Waals surface area contributed by atoms with Gasteiger partial charge in [-0.1, -0.05) is 0 Å². The molecule has 2 rings (SSSR count). The summed E-state index contributed by atoms with van der Waals surface area (Å²) < 4.78 is 26.3. The molecular weight excluding hydrogens is 406 g/mol. The number of nitrogens with one attached hydrogen (secondary N) is 2. The highest BCUT2D eigenvalue weighted by molar-refractivity contribution is 7.89. The van der Waals surface area contributed by atoms with Crippen LogP contribution in [0.2, 0.25) is 0 Å². The van der Waals surface area contributed by atoms with Crippen molar-refractivity contribution in [2.24, 2.45) is 0 Å². The summed E-state index contributed by atoms with van der Waals surface area (Å²) in [7, 11) is -0.276. The molecule has 2 N–H and O–H groups in total. The van der Waals surface area contributed by atoms with Gasteiger partial charge in [0.15, 0.2) is 0 Å². The second-order valence-electron chi connectivity index (χ2n) is 7.67. The van der Waals surface area contributed by atoms with Crippen molar-refractivity contribution >= 4 is 27.5 Å². The first-order chi connectivity index (χ1) is 14.2. The van der Waals surface area contributed by atoms with Gasteiger partial charge in [0, 0.05) is 52.4 Å². The number of anilines is 1. The molecule has 30 heavy (non-hydrogen) atoms. The molecule has 1 fully saturated rings. The van der Waals surface area contributed by atoms with Crippen LogP contribution in [0.3, 0.4) is 0 Å². The predicted octanol–water partition coefficient (Wildman–Crippen LogP) is 0.409. The summed E-state index contributed by atoms with van der Waals surface area (Å²) in [6.45, 7) is 7.03. The minimum absolute atomic E-state index is 0.0686. The molecule has 2 amide bonds. The number of unbranched alkanes of at least 4 members (excludes halogenated alkanes) is 1. The lowest BCUT2D eigenvalue weighted by Gasteiger charge is -2.32. The molecule has 1 aliphatic rings. The third-order valence-electron chi connectivity index (χ3n) is 5.07. The molecule has 1 aromatic carbocycles. The minimum Gasteiger partial charge on any atom is -0.355 e. The van der Waals surface area contributed by atoms with E-state index in [1.165, 1.54) is 38.2 Å². The van der Waals surface area contributed by atoms with Gasteiger partial charge in [0.2, 0.25) is 21.8 Å². The first-order valence-corrected chi connectivity index (χ1v) is 11.6. The zero-order chi connectivity index (χ0) is 22.1. The van der Waals surface area contributed by atoms with Gasteiger partial charge in [-0.2, -0.15) is 4.31 Å². The fraction of sp³-hybridized carbons (Fsp3) is 0.600. The Morgan fingerprint density at radius 1 is 1.07 bits per heavy atom. The fourth-order valence-electron chi connectivity index (χ4n) is 3.20. The Hall–Kier alpha value is -2.01. The van der Waals surface area contributed by atoms with Gasteiger partial charge in [-0.15, -0.1) is 0 Å². The molecule has 0 aliphatic carbocycles. The van der Waals surface area contributed by atoms with Gasteiger partial charge in [0.05, 0.1) is 11.4 Å². The van der Waals surface area contributed by atoms with Crippen molar-refractivity contribution in [2.45, 2.75) is 24.7 Å². The number of piperazine rings is 1. The molecular formula is C20H33N5O4S. The maximum atomic E-state index is 12.6. The normalized spacial score (nSPS) is 15.9. The van der Waals surface area contributed by atoms with Crippen LogP contribution in [-0.4, -0.2) is 94.2 Å². The van der Waals surface area contributed by atoms with Crippen molar-refractivity contribution in [2.75, 3.05) is 65.2 Å². The van der Waals surface area contributed by atoms with Crippen molar-refractivity contribution in [3.05, 3.63) is 24.3 Å².